The van der Waals surface area contributed by atoms with Crippen LogP contribution in [-0.2, 0) is 11.2 Å². The fourth-order valence-electron chi connectivity index (χ4n) is 4.52. The average molecular weight is 427 g/mol. The molecule has 1 atom stereocenters. The van der Waals surface area contributed by atoms with Gasteiger partial charge < -0.3 is 15.2 Å². The number of likely N-dealkylation sites (tertiary alicyclic amines) is 1. The number of rotatable bonds is 5. The van der Waals surface area contributed by atoms with Gasteiger partial charge in [-0.25, -0.2) is 15.0 Å². The van der Waals surface area contributed by atoms with E-state index in [-0.39, 0.29) is 11.9 Å². The van der Waals surface area contributed by atoms with Crippen molar-refractivity contribution in [3.8, 4) is 0 Å². The largest absolute Gasteiger partial charge is 0.361 e. The minimum Gasteiger partial charge on any atom is -0.361 e. The molecular weight excluding hydrogens is 400 g/mol. The van der Waals surface area contributed by atoms with Crippen LogP contribution in [0.15, 0.2) is 54.7 Å². The van der Waals surface area contributed by atoms with Crippen LogP contribution in [0, 0.1) is 13.8 Å². The van der Waals surface area contributed by atoms with Crippen LogP contribution < -0.4 is 5.32 Å². The summed E-state index contributed by atoms with van der Waals surface area (Å²) in [5.41, 5.74) is 4.79. The van der Waals surface area contributed by atoms with Gasteiger partial charge in [-0.15, -0.1) is 0 Å². The van der Waals surface area contributed by atoms with Crippen LogP contribution >= 0.6 is 0 Å². The summed E-state index contributed by atoms with van der Waals surface area (Å²) in [6.07, 6.45) is 4.22. The second kappa shape index (κ2) is 8.42. The van der Waals surface area contributed by atoms with E-state index in [0.717, 1.165) is 52.9 Å². The molecule has 0 aliphatic carbocycles. The molecule has 0 spiro atoms. The molecule has 1 saturated heterocycles. The lowest BCUT2D eigenvalue weighted by molar-refractivity contribution is -0.131. The van der Waals surface area contributed by atoms with Crippen molar-refractivity contribution < 1.29 is 4.79 Å². The summed E-state index contributed by atoms with van der Waals surface area (Å²) >= 11 is 0. The number of nitrogens with one attached hydrogen (secondary N) is 2. The van der Waals surface area contributed by atoms with Gasteiger partial charge in [-0.1, -0.05) is 24.3 Å². The van der Waals surface area contributed by atoms with Gasteiger partial charge in [0.1, 0.15) is 5.82 Å². The van der Waals surface area contributed by atoms with Crippen molar-refractivity contribution in [3.05, 3.63) is 77.4 Å². The Morgan fingerprint density at radius 3 is 2.75 bits per heavy atom. The molecule has 162 valence electrons. The van der Waals surface area contributed by atoms with E-state index in [1.807, 2.05) is 67.4 Å². The third-order valence-corrected chi connectivity index (χ3v) is 5.92. The summed E-state index contributed by atoms with van der Waals surface area (Å²) in [4.78, 5) is 32.1. The highest BCUT2D eigenvalue weighted by Gasteiger charge is 2.31. The standard InChI is InChI=1S/C25H26N6O/c1-16-13-17(2)28-25(27-16)30-23-11-5-9-21(29-23)22-10-6-12-31(22)24(32)14-18-15-26-20-8-4-3-7-19(18)20/h3-5,7-9,11,13,15,22,26H,6,10,12,14H2,1-2H3,(H,27,28,29,30)/t22-/m0/s1. The molecule has 7 nitrogen and oxygen atoms in total. The molecule has 4 heterocycles. The van der Waals surface area contributed by atoms with E-state index in [4.69, 9.17) is 4.98 Å². The van der Waals surface area contributed by atoms with Gasteiger partial charge in [-0.05, 0) is 56.5 Å². The summed E-state index contributed by atoms with van der Waals surface area (Å²) in [5, 5.41) is 4.31. The molecule has 0 saturated carbocycles. The number of benzene rings is 1. The van der Waals surface area contributed by atoms with Crippen molar-refractivity contribution in [2.75, 3.05) is 11.9 Å². The molecule has 5 rings (SSSR count). The van der Waals surface area contributed by atoms with Gasteiger partial charge >= 0.3 is 0 Å². The van der Waals surface area contributed by atoms with Gasteiger partial charge in [0.25, 0.3) is 0 Å². The van der Waals surface area contributed by atoms with Crippen LogP contribution in [-0.4, -0.2) is 37.3 Å². The molecule has 4 aromatic rings. The number of carbonyl (C=O) groups excluding carboxylic acids is 1. The molecular formula is C25H26N6O. The molecule has 0 bridgehead atoms. The van der Waals surface area contributed by atoms with Gasteiger partial charge in [-0.3, -0.25) is 4.79 Å². The van der Waals surface area contributed by atoms with Gasteiger partial charge in [0.05, 0.1) is 18.2 Å². The third kappa shape index (κ3) is 4.06. The van der Waals surface area contributed by atoms with E-state index in [2.05, 4.69) is 26.3 Å². The lowest BCUT2D eigenvalue weighted by atomic mass is 10.1. The second-order valence-electron chi connectivity index (χ2n) is 8.33. The number of fused-ring (bicyclic) bond motifs is 1. The monoisotopic (exact) mass is 426 g/mol. The molecule has 1 aromatic carbocycles. The number of aromatic nitrogens is 4. The van der Waals surface area contributed by atoms with Crippen molar-refractivity contribution in [1.82, 2.24) is 24.8 Å². The molecule has 1 amide bonds. The van der Waals surface area contributed by atoms with E-state index in [0.29, 0.717) is 18.2 Å². The lowest BCUT2D eigenvalue weighted by Gasteiger charge is -2.24. The number of aryl methyl sites for hydroxylation is 2. The normalized spacial score (nSPS) is 15.9. The number of nitrogens with zero attached hydrogens (tertiary/aromatic N) is 4. The van der Waals surface area contributed by atoms with E-state index < -0.39 is 0 Å². The Bertz CT molecular complexity index is 1260. The fraction of sp³-hybridized carbons (Fsp3) is 0.280. The van der Waals surface area contributed by atoms with Crippen molar-refractivity contribution in [2.24, 2.45) is 0 Å². The Morgan fingerprint density at radius 2 is 1.91 bits per heavy atom. The van der Waals surface area contributed by atoms with Crippen molar-refractivity contribution in [3.63, 3.8) is 0 Å². The van der Waals surface area contributed by atoms with Crippen LogP contribution in [0.25, 0.3) is 10.9 Å². The highest BCUT2D eigenvalue weighted by molar-refractivity contribution is 5.89. The molecule has 0 radical (unpaired) electrons. The molecule has 3 aromatic heterocycles. The Morgan fingerprint density at radius 1 is 1.09 bits per heavy atom. The third-order valence-electron chi connectivity index (χ3n) is 5.92. The number of hydrogen-bond donors (Lipinski definition) is 2. The number of pyridine rings is 1. The van der Waals surface area contributed by atoms with Crippen LogP contribution in [0.5, 0.6) is 0 Å². The van der Waals surface area contributed by atoms with E-state index in [9.17, 15) is 4.79 Å². The van der Waals surface area contributed by atoms with Gasteiger partial charge in [0, 0.05) is 35.0 Å². The Hall–Kier alpha value is -3.74. The Kier molecular flexibility index (Phi) is 5.31. The van der Waals surface area contributed by atoms with Crippen molar-refractivity contribution >= 4 is 28.6 Å². The molecule has 1 aliphatic heterocycles. The maximum Gasteiger partial charge on any atom is 0.228 e. The highest BCUT2D eigenvalue weighted by atomic mass is 16.2. The van der Waals surface area contributed by atoms with E-state index in [1.165, 1.54) is 0 Å². The van der Waals surface area contributed by atoms with Crippen molar-refractivity contribution in [1.29, 1.82) is 0 Å². The molecule has 1 aliphatic rings. The first kappa shape index (κ1) is 20.2. The minimum absolute atomic E-state index is 0.0189. The smallest absolute Gasteiger partial charge is 0.228 e. The van der Waals surface area contributed by atoms with Crippen LogP contribution in [0.2, 0.25) is 0 Å². The maximum atomic E-state index is 13.2. The predicted octanol–water partition coefficient (Wildman–Crippen LogP) is 4.62. The molecule has 1 fully saturated rings. The Labute approximate surface area is 186 Å². The van der Waals surface area contributed by atoms with Crippen molar-refractivity contribution in [2.45, 2.75) is 39.2 Å². The summed E-state index contributed by atoms with van der Waals surface area (Å²) in [6.45, 7) is 4.64. The minimum atomic E-state index is -0.0189. The summed E-state index contributed by atoms with van der Waals surface area (Å²) in [6, 6.07) is 15.9. The first-order valence-electron chi connectivity index (χ1n) is 11.0. The topological polar surface area (TPSA) is 86.8 Å². The van der Waals surface area contributed by atoms with Crippen LogP contribution in [0.1, 0.15) is 41.5 Å². The zero-order chi connectivity index (χ0) is 22.1. The molecule has 0 unspecified atom stereocenters. The molecule has 2 N–H and O–H groups in total. The Balaban J connectivity index is 1.35. The van der Waals surface area contributed by atoms with E-state index >= 15 is 0 Å². The maximum absolute atomic E-state index is 13.2. The number of aromatic amines is 1. The zero-order valence-electron chi connectivity index (χ0n) is 18.3. The van der Waals surface area contributed by atoms with Crippen LogP contribution in [0.3, 0.4) is 0 Å². The summed E-state index contributed by atoms with van der Waals surface area (Å²) in [7, 11) is 0. The quantitative estimate of drug-likeness (QED) is 0.486. The predicted molar refractivity (Wildman–Crippen MR) is 125 cm³/mol. The SMILES string of the molecule is Cc1cc(C)nc(Nc2cccc([C@@H]3CCCN3C(=O)Cc3c[nH]c4ccccc34)n2)n1. The highest BCUT2D eigenvalue weighted by Crippen LogP contribution is 2.32. The van der Waals surface area contributed by atoms with Gasteiger partial charge in [0.15, 0.2) is 0 Å². The summed E-state index contributed by atoms with van der Waals surface area (Å²) < 4.78 is 0. The lowest BCUT2D eigenvalue weighted by Crippen LogP contribution is -2.32. The number of amides is 1. The van der Waals surface area contributed by atoms with Gasteiger partial charge in [-0.2, -0.15) is 0 Å². The van der Waals surface area contributed by atoms with E-state index in [1.54, 1.807) is 0 Å². The van der Waals surface area contributed by atoms with Crippen LogP contribution in [0.4, 0.5) is 11.8 Å². The molecule has 7 heteroatoms. The zero-order valence-corrected chi connectivity index (χ0v) is 18.3. The number of H-pyrrole nitrogens is 1. The fourth-order valence-corrected chi connectivity index (χ4v) is 4.52. The average Bonchev–Trinajstić information content (AvgIpc) is 3.41. The molecule has 32 heavy (non-hydrogen) atoms. The first-order valence-corrected chi connectivity index (χ1v) is 11.0. The van der Waals surface area contributed by atoms with Gasteiger partial charge in [0.2, 0.25) is 11.9 Å². The first-order chi connectivity index (χ1) is 15.6. The second-order valence-corrected chi connectivity index (χ2v) is 8.33. The number of carbonyl (C=O) groups is 1. The summed E-state index contributed by atoms with van der Waals surface area (Å²) in [5.74, 6) is 1.35. The number of hydrogen-bond acceptors (Lipinski definition) is 5. The number of anilines is 2. The number of para-hydroxylation sites is 1.